The second-order valence-electron chi connectivity index (χ2n) is 2.26. The topological polar surface area (TPSA) is 20.2 Å². The van der Waals surface area contributed by atoms with Gasteiger partial charge in [-0.2, -0.15) is 13.2 Å². The van der Waals surface area contributed by atoms with Crippen molar-refractivity contribution in [1.29, 1.82) is 0 Å². The Bertz CT molecular complexity index is 334. The molecule has 0 unspecified atom stereocenters. The molecule has 1 rings (SSSR count). The van der Waals surface area contributed by atoms with Crippen LogP contribution < -0.4 is 0 Å². The van der Waals surface area contributed by atoms with Crippen molar-refractivity contribution in [2.24, 2.45) is 0 Å². The summed E-state index contributed by atoms with van der Waals surface area (Å²) in [7, 11) is 0. The van der Waals surface area contributed by atoms with E-state index in [1.165, 1.54) is 0 Å². The molecule has 1 nitrogen and oxygen atoms in total. The molecule has 0 radical (unpaired) electrons. The van der Waals surface area contributed by atoms with Crippen LogP contribution in [0.3, 0.4) is 0 Å². The highest BCUT2D eigenvalue weighted by atomic mass is 79.9. The Morgan fingerprint density at radius 2 is 1.77 bits per heavy atom. The molecule has 72 valence electrons. The van der Waals surface area contributed by atoms with Gasteiger partial charge in [0, 0.05) is 0 Å². The molecule has 0 spiro atoms. The third-order valence-corrected chi connectivity index (χ3v) is 2.01. The highest BCUT2D eigenvalue weighted by Gasteiger charge is 2.35. The van der Waals surface area contributed by atoms with Crippen LogP contribution in [0, 0.1) is 5.82 Å². The van der Waals surface area contributed by atoms with Crippen LogP contribution >= 0.6 is 15.9 Å². The van der Waals surface area contributed by atoms with Gasteiger partial charge in [0.1, 0.15) is 0 Å². The molecule has 0 saturated carbocycles. The zero-order chi connectivity index (χ0) is 10.2. The van der Waals surface area contributed by atoms with Gasteiger partial charge in [-0.3, -0.25) is 0 Å². The second-order valence-corrected chi connectivity index (χ2v) is 3.11. The van der Waals surface area contributed by atoms with Gasteiger partial charge in [-0.1, -0.05) is 0 Å². The van der Waals surface area contributed by atoms with E-state index in [1.54, 1.807) is 0 Å². The standard InChI is InChI=1S/C7H3BrF4O/c8-4-2-1-3(7(10,11)12)5(9)6(4)13/h1-2,13H. The van der Waals surface area contributed by atoms with E-state index in [9.17, 15) is 17.6 Å². The lowest BCUT2D eigenvalue weighted by Crippen LogP contribution is -2.07. The van der Waals surface area contributed by atoms with Crippen molar-refractivity contribution in [3.63, 3.8) is 0 Å². The van der Waals surface area contributed by atoms with E-state index in [1.807, 2.05) is 0 Å². The van der Waals surface area contributed by atoms with Crippen molar-refractivity contribution in [3.8, 4) is 5.75 Å². The normalized spacial score (nSPS) is 11.8. The first kappa shape index (κ1) is 10.3. The van der Waals surface area contributed by atoms with Crippen LogP contribution in [-0.2, 0) is 6.18 Å². The Morgan fingerprint density at radius 3 is 2.23 bits per heavy atom. The number of phenols is 1. The summed E-state index contributed by atoms with van der Waals surface area (Å²) in [5.74, 6) is -2.70. The van der Waals surface area contributed by atoms with Gasteiger partial charge < -0.3 is 5.11 Å². The van der Waals surface area contributed by atoms with Gasteiger partial charge in [0.15, 0.2) is 11.6 Å². The molecule has 0 amide bonds. The van der Waals surface area contributed by atoms with Crippen molar-refractivity contribution < 1.29 is 22.7 Å². The van der Waals surface area contributed by atoms with Crippen LogP contribution in [0.15, 0.2) is 16.6 Å². The Morgan fingerprint density at radius 1 is 1.23 bits per heavy atom. The molecule has 0 aliphatic heterocycles. The predicted octanol–water partition coefficient (Wildman–Crippen LogP) is 3.31. The minimum absolute atomic E-state index is 0.113. The van der Waals surface area contributed by atoms with E-state index in [0.717, 1.165) is 6.07 Å². The van der Waals surface area contributed by atoms with Crippen molar-refractivity contribution in [1.82, 2.24) is 0 Å². The third-order valence-electron chi connectivity index (χ3n) is 1.37. The molecule has 13 heavy (non-hydrogen) atoms. The molecule has 1 N–H and O–H groups in total. The zero-order valence-corrected chi connectivity index (χ0v) is 7.58. The summed E-state index contributed by atoms with van der Waals surface area (Å²) in [6.07, 6.45) is -4.79. The fraction of sp³-hybridized carbons (Fsp3) is 0.143. The average molecular weight is 259 g/mol. The number of aromatic hydroxyl groups is 1. The predicted molar refractivity (Wildman–Crippen MR) is 40.8 cm³/mol. The van der Waals surface area contributed by atoms with Gasteiger partial charge in [0.05, 0.1) is 10.0 Å². The molecule has 0 heterocycles. The minimum Gasteiger partial charge on any atom is -0.504 e. The number of hydrogen-bond donors (Lipinski definition) is 1. The summed E-state index contributed by atoms with van der Waals surface area (Å²) < 4.78 is 48.6. The van der Waals surface area contributed by atoms with Crippen LogP contribution in [0.1, 0.15) is 5.56 Å². The van der Waals surface area contributed by atoms with Crippen LogP contribution in [0.5, 0.6) is 5.75 Å². The summed E-state index contributed by atoms with van der Waals surface area (Å²) in [5.41, 5.74) is -1.48. The highest BCUT2D eigenvalue weighted by molar-refractivity contribution is 9.10. The Labute approximate surface area is 79.1 Å². The van der Waals surface area contributed by atoms with Crippen molar-refractivity contribution in [2.75, 3.05) is 0 Å². The van der Waals surface area contributed by atoms with E-state index < -0.39 is 23.3 Å². The van der Waals surface area contributed by atoms with Crippen molar-refractivity contribution in [2.45, 2.75) is 6.18 Å². The summed E-state index contributed by atoms with van der Waals surface area (Å²) in [5, 5.41) is 8.83. The van der Waals surface area contributed by atoms with Gasteiger partial charge >= 0.3 is 6.18 Å². The van der Waals surface area contributed by atoms with Crippen molar-refractivity contribution in [3.05, 3.63) is 28.0 Å². The van der Waals surface area contributed by atoms with Crippen LogP contribution in [-0.4, -0.2) is 5.11 Å². The lowest BCUT2D eigenvalue weighted by molar-refractivity contribution is -0.140. The maximum Gasteiger partial charge on any atom is 0.419 e. The first-order valence-corrected chi connectivity index (χ1v) is 3.87. The first-order valence-electron chi connectivity index (χ1n) is 3.08. The molecule has 0 aliphatic carbocycles. The van der Waals surface area contributed by atoms with Gasteiger partial charge in [-0.25, -0.2) is 4.39 Å². The summed E-state index contributed by atoms with van der Waals surface area (Å²) in [6, 6.07) is 1.49. The summed E-state index contributed by atoms with van der Waals surface area (Å²) in [6.45, 7) is 0. The molecule has 0 bridgehead atoms. The molecule has 0 aliphatic rings. The van der Waals surface area contributed by atoms with Gasteiger partial charge in [-0.05, 0) is 28.1 Å². The maximum absolute atomic E-state index is 12.8. The molecular formula is C7H3BrF4O. The second kappa shape index (κ2) is 3.17. The van der Waals surface area contributed by atoms with Gasteiger partial charge in [0.25, 0.3) is 0 Å². The zero-order valence-electron chi connectivity index (χ0n) is 5.99. The lowest BCUT2D eigenvalue weighted by atomic mass is 10.2. The van der Waals surface area contributed by atoms with E-state index in [0.29, 0.717) is 6.07 Å². The summed E-state index contributed by atoms with van der Waals surface area (Å²) >= 11 is 2.69. The largest absolute Gasteiger partial charge is 0.504 e. The minimum atomic E-state index is -4.79. The number of rotatable bonds is 0. The maximum atomic E-state index is 12.8. The lowest BCUT2D eigenvalue weighted by Gasteiger charge is -2.09. The van der Waals surface area contributed by atoms with Crippen molar-refractivity contribution >= 4 is 15.9 Å². The molecule has 1 aromatic rings. The first-order chi connectivity index (χ1) is 5.84. The Balaban J connectivity index is 3.35. The number of hydrogen-bond acceptors (Lipinski definition) is 1. The fourth-order valence-corrected chi connectivity index (χ4v) is 1.07. The van der Waals surface area contributed by atoms with Gasteiger partial charge in [-0.15, -0.1) is 0 Å². The number of benzene rings is 1. The quantitative estimate of drug-likeness (QED) is 0.708. The van der Waals surface area contributed by atoms with E-state index in [4.69, 9.17) is 5.11 Å². The Kier molecular flexibility index (Phi) is 2.51. The van der Waals surface area contributed by atoms with Crippen LogP contribution in [0.4, 0.5) is 17.6 Å². The molecule has 1 aromatic carbocycles. The van der Waals surface area contributed by atoms with Crippen LogP contribution in [0.25, 0.3) is 0 Å². The fourth-order valence-electron chi connectivity index (χ4n) is 0.760. The van der Waals surface area contributed by atoms with Gasteiger partial charge in [0.2, 0.25) is 0 Å². The number of phenolic OH excluding ortho intramolecular Hbond substituents is 1. The Hall–Kier alpha value is -0.780. The van der Waals surface area contributed by atoms with E-state index >= 15 is 0 Å². The molecule has 0 aromatic heterocycles. The number of alkyl halides is 3. The third kappa shape index (κ3) is 1.93. The summed E-state index contributed by atoms with van der Waals surface area (Å²) in [4.78, 5) is 0. The number of halogens is 5. The monoisotopic (exact) mass is 258 g/mol. The molecule has 0 fully saturated rings. The molecule has 0 saturated heterocycles. The molecule has 0 atom stereocenters. The molecule has 6 heteroatoms. The van der Waals surface area contributed by atoms with E-state index in [-0.39, 0.29) is 4.47 Å². The smallest absolute Gasteiger partial charge is 0.419 e. The highest BCUT2D eigenvalue weighted by Crippen LogP contribution is 2.37. The van der Waals surface area contributed by atoms with E-state index in [2.05, 4.69) is 15.9 Å². The average Bonchev–Trinajstić information content (AvgIpc) is 1.98. The SMILES string of the molecule is Oc1c(Br)ccc(C(F)(F)F)c1F. The molecular weight excluding hydrogens is 256 g/mol. The van der Waals surface area contributed by atoms with Crippen LogP contribution in [0.2, 0.25) is 0 Å².